The van der Waals surface area contributed by atoms with Gasteiger partial charge in [-0.2, -0.15) is 0 Å². The number of hydrogen-bond donors (Lipinski definition) is 1. The number of aliphatic hydroxyl groups is 1. The first-order valence-electron chi connectivity index (χ1n) is 8.90. The Morgan fingerprint density at radius 2 is 1.72 bits per heavy atom. The van der Waals surface area contributed by atoms with Gasteiger partial charge in [0.25, 0.3) is 5.91 Å². The van der Waals surface area contributed by atoms with Crippen molar-refractivity contribution in [1.29, 1.82) is 0 Å². The predicted octanol–water partition coefficient (Wildman–Crippen LogP) is 2.70. The summed E-state index contributed by atoms with van der Waals surface area (Å²) in [6.45, 7) is 2.04. The van der Waals surface area contributed by atoms with Crippen molar-refractivity contribution in [3.63, 3.8) is 0 Å². The van der Waals surface area contributed by atoms with Gasteiger partial charge in [0.15, 0.2) is 0 Å². The molecule has 25 heavy (non-hydrogen) atoms. The summed E-state index contributed by atoms with van der Waals surface area (Å²) in [7, 11) is 0. The molecular weight excluding hydrogens is 314 g/mol. The number of fused-ring (bicyclic) bond motifs is 1. The number of ether oxygens (including phenoxy) is 1. The van der Waals surface area contributed by atoms with Gasteiger partial charge in [-0.15, -0.1) is 0 Å². The fourth-order valence-corrected chi connectivity index (χ4v) is 3.95. The summed E-state index contributed by atoms with van der Waals surface area (Å²) in [4.78, 5) is 14.9. The normalized spacial score (nSPS) is 22.3. The third-order valence-electron chi connectivity index (χ3n) is 5.40. The van der Waals surface area contributed by atoms with E-state index < -0.39 is 5.60 Å². The minimum atomic E-state index is -1.29. The molecule has 4 heteroatoms. The minimum Gasteiger partial charge on any atom is -0.381 e. The smallest absolute Gasteiger partial charge is 0.255 e. The van der Waals surface area contributed by atoms with Crippen molar-refractivity contribution in [2.45, 2.75) is 30.9 Å². The van der Waals surface area contributed by atoms with Crippen molar-refractivity contribution in [2.24, 2.45) is 0 Å². The van der Waals surface area contributed by atoms with E-state index in [1.807, 2.05) is 29.2 Å². The molecule has 1 atom stereocenters. The van der Waals surface area contributed by atoms with Gasteiger partial charge in [0, 0.05) is 45.1 Å². The van der Waals surface area contributed by atoms with Gasteiger partial charge in [0.1, 0.15) is 5.60 Å². The van der Waals surface area contributed by atoms with Crippen LogP contribution in [0.4, 0.5) is 0 Å². The maximum atomic E-state index is 13.1. The van der Waals surface area contributed by atoms with Crippen LogP contribution in [0.3, 0.4) is 0 Å². The van der Waals surface area contributed by atoms with Crippen LogP contribution in [0, 0.1) is 0 Å². The molecule has 1 amide bonds. The van der Waals surface area contributed by atoms with Crippen LogP contribution in [0.2, 0.25) is 0 Å². The first kappa shape index (κ1) is 16.3. The summed E-state index contributed by atoms with van der Waals surface area (Å²) in [5.41, 5.74) is 2.35. The summed E-state index contributed by atoms with van der Waals surface area (Å²) in [5.74, 6) is -0.0234. The van der Waals surface area contributed by atoms with Gasteiger partial charge < -0.3 is 14.7 Å². The van der Waals surface area contributed by atoms with Crippen LogP contribution in [-0.4, -0.2) is 41.3 Å². The SMILES string of the molecule is O=C(N1Cc2ccccc2C(c2ccccc2)C1)C1(O)CCOCC1. The Bertz CT molecular complexity index is 753. The van der Waals surface area contributed by atoms with Crippen molar-refractivity contribution in [3.8, 4) is 0 Å². The predicted molar refractivity (Wildman–Crippen MR) is 95.1 cm³/mol. The van der Waals surface area contributed by atoms with E-state index in [2.05, 4.69) is 30.3 Å². The number of amides is 1. The first-order valence-corrected chi connectivity index (χ1v) is 8.90. The van der Waals surface area contributed by atoms with E-state index in [0.29, 0.717) is 39.1 Å². The number of rotatable bonds is 2. The zero-order chi connectivity index (χ0) is 17.3. The molecule has 1 saturated heterocycles. The van der Waals surface area contributed by atoms with Gasteiger partial charge >= 0.3 is 0 Å². The molecule has 2 aromatic rings. The van der Waals surface area contributed by atoms with Gasteiger partial charge in [-0.3, -0.25) is 4.79 Å². The second-order valence-electron chi connectivity index (χ2n) is 6.99. The zero-order valence-electron chi connectivity index (χ0n) is 14.2. The second-order valence-corrected chi connectivity index (χ2v) is 6.99. The maximum Gasteiger partial charge on any atom is 0.255 e. The van der Waals surface area contributed by atoms with Crippen molar-refractivity contribution in [1.82, 2.24) is 4.90 Å². The lowest BCUT2D eigenvalue weighted by Gasteiger charge is -2.40. The molecule has 1 fully saturated rings. The third-order valence-corrected chi connectivity index (χ3v) is 5.40. The van der Waals surface area contributed by atoms with Gasteiger partial charge in [-0.05, 0) is 16.7 Å². The van der Waals surface area contributed by atoms with Crippen LogP contribution in [0.5, 0.6) is 0 Å². The highest BCUT2D eigenvalue weighted by atomic mass is 16.5. The maximum absolute atomic E-state index is 13.1. The molecule has 2 heterocycles. The van der Waals surface area contributed by atoms with Crippen molar-refractivity contribution in [3.05, 3.63) is 71.3 Å². The van der Waals surface area contributed by atoms with Crippen LogP contribution in [0.15, 0.2) is 54.6 Å². The molecule has 4 rings (SSSR count). The largest absolute Gasteiger partial charge is 0.381 e. The second kappa shape index (κ2) is 6.62. The molecule has 0 spiro atoms. The summed E-state index contributed by atoms with van der Waals surface area (Å²) < 4.78 is 5.32. The average molecular weight is 337 g/mol. The van der Waals surface area contributed by atoms with Crippen LogP contribution in [0.1, 0.15) is 35.4 Å². The molecule has 0 aromatic heterocycles. The highest BCUT2D eigenvalue weighted by Gasteiger charge is 2.42. The van der Waals surface area contributed by atoms with Crippen molar-refractivity contribution in [2.75, 3.05) is 19.8 Å². The Morgan fingerprint density at radius 3 is 2.48 bits per heavy atom. The molecule has 1 N–H and O–H groups in total. The Balaban J connectivity index is 1.67. The Hall–Kier alpha value is -2.17. The topological polar surface area (TPSA) is 49.8 Å². The molecule has 0 aliphatic carbocycles. The Labute approximate surface area is 148 Å². The van der Waals surface area contributed by atoms with Crippen LogP contribution >= 0.6 is 0 Å². The standard InChI is InChI=1S/C21H23NO3/c23-20(21(24)10-12-25-13-11-21)22-14-17-8-4-5-9-18(17)19(15-22)16-6-2-1-3-7-16/h1-9,19,24H,10-15H2. The van der Waals surface area contributed by atoms with Crippen LogP contribution in [0.25, 0.3) is 0 Å². The molecule has 0 saturated carbocycles. The van der Waals surface area contributed by atoms with Gasteiger partial charge in [0.05, 0.1) is 0 Å². The summed E-state index contributed by atoms with van der Waals surface area (Å²) in [5, 5.41) is 10.8. The average Bonchev–Trinajstić information content (AvgIpc) is 2.68. The monoisotopic (exact) mass is 337 g/mol. The van der Waals surface area contributed by atoms with E-state index in [4.69, 9.17) is 4.74 Å². The molecule has 0 bridgehead atoms. The number of nitrogens with zero attached hydrogens (tertiary/aromatic N) is 1. The Kier molecular flexibility index (Phi) is 4.32. The van der Waals surface area contributed by atoms with E-state index in [1.54, 1.807) is 0 Å². The van der Waals surface area contributed by atoms with E-state index in [0.717, 1.165) is 5.56 Å². The zero-order valence-corrected chi connectivity index (χ0v) is 14.2. The van der Waals surface area contributed by atoms with Crippen molar-refractivity contribution >= 4 is 5.91 Å². The first-order chi connectivity index (χ1) is 12.2. The quantitative estimate of drug-likeness (QED) is 0.917. The van der Waals surface area contributed by atoms with E-state index in [9.17, 15) is 9.90 Å². The number of carbonyl (C=O) groups excluding carboxylic acids is 1. The summed E-state index contributed by atoms with van der Waals surface area (Å²) >= 11 is 0. The highest BCUT2D eigenvalue weighted by molar-refractivity contribution is 5.85. The summed E-state index contributed by atoms with van der Waals surface area (Å²) in [6.07, 6.45) is 0.750. The lowest BCUT2D eigenvalue weighted by atomic mass is 9.83. The van der Waals surface area contributed by atoms with E-state index in [1.165, 1.54) is 11.1 Å². The number of carbonyl (C=O) groups is 1. The van der Waals surface area contributed by atoms with Gasteiger partial charge in [0.2, 0.25) is 0 Å². The van der Waals surface area contributed by atoms with Gasteiger partial charge in [-0.25, -0.2) is 0 Å². The fourth-order valence-electron chi connectivity index (χ4n) is 3.95. The fraction of sp³-hybridized carbons (Fsp3) is 0.381. The summed E-state index contributed by atoms with van der Waals surface area (Å²) in [6, 6.07) is 18.6. The Morgan fingerprint density at radius 1 is 1.04 bits per heavy atom. The lowest BCUT2D eigenvalue weighted by molar-refractivity contribution is -0.162. The molecule has 1 unspecified atom stereocenters. The molecule has 2 aromatic carbocycles. The van der Waals surface area contributed by atoms with Crippen LogP contribution < -0.4 is 0 Å². The molecular formula is C21H23NO3. The highest BCUT2D eigenvalue weighted by Crippen LogP contribution is 2.35. The molecule has 130 valence electrons. The third kappa shape index (κ3) is 3.08. The molecule has 4 nitrogen and oxygen atoms in total. The molecule has 2 aliphatic heterocycles. The van der Waals surface area contributed by atoms with Crippen LogP contribution in [-0.2, 0) is 16.1 Å². The number of benzene rings is 2. The van der Waals surface area contributed by atoms with Crippen molar-refractivity contribution < 1.29 is 14.6 Å². The molecule has 0 radical (unpaired) electrons. The van der Waals surface area contributed by atoms with E-state index in [-0.39, 0.29) is 11.8 Å². The molecule has 2 aliphatic rings. The lowest BCUT2D eigenvalue weighted by Crippen LogP contribution is -2.53. The van der Waals surface area contributed by atoms with Gasteiger partial charge in [-0.1, -0.05) is 54.6 Å². The minimum absolute atomic E-state index is 0.138. The number of hydrogen-bond acceptors (Lipinski definition) is 3. The van der Waals surface area contributed by atoms with E-state index >= 15 is 0 Å².